The number of amides is 2. The van der Waals surface area contributed by atoms with Crippen LogP contribution in [0.5, 0.6) is 0 Å². The lowest BCUT2D eigenvalue weighted by molar-refractivity contribution is 0.0880. The standard InChI is InChI=1S/C25H16N6O3/c26-29-28-20-14-9-15(23(20)32)31-13-8-4-2-6-11(13)17-19-18(24(33)27-25(19)34)16-10-5-1-3-7-12(10)30(14)21(16)22(17)31/h1-8,14-15,20,23,32H,9H2,(H,27,33,34)/t14?,15?,20-,23-/m1/s1. The summed E-state index contributed by atoms with van der Waals surface area (Å²) in [5, 5.41) is 21.1. The first-order valence-corrected chi connectivity index (χ1v) is 11.2. The average molecular weight is 448 g/mol. The zero-order valence-electron chi connectivity index (χ0n) is 17.6. The van der Waals surface area contributed by atoms with Gasteiger partial charge in [0.1, 0.15) is 0 Å². The summed E-state index contributed by atoms with van der Waals surface area (Å²) in [7, 11) is 0. The quantitative estimate of drug-likeness (QED) is 0.172. The Kier molecular flexibility index (Phi) is 3.08. The van der Waals surface area contributed by atoms with Crippen LogP contribution in [-0.4, -0.2) is 38.2 Å². The molecule has 4 heterocycles. The normalized spacial score (nSPS) is 24.9. The second-order valence-corrected chi connectivity index (χ2v) is 9.31. The van der Waals surface area contributed by atoms with E-state index in [2.05, 4.69) is 24.5 Å². The number of carbonyl (C=O) groups is 2. The molecule has 1 fully saturated rings. The number of hydrogen-bond donors (Lipinski definition) is 2. The van der Waals surface area contributed by atoms with Gasteiger partial charge in [-0.3, -0.25) is 14.9 Å². The molecule has 3 aromatic carbocycles. The van der Waals surface area contributed by atoms with Crippen LogP contribution in [0.15, 0.2) is 53.6 Å². The molecule has 2 aliphatic heterocycles. The maximum Gasteiger partial charge on any atom is 0.259 e. The first-order chi connectivity index (χ1) is 16.6. The molecule has 0 saturated heterocycles. The van der Waals surface area contributed by atoms with E-state index in [9.17, 15) is 20.2 Å². The van der Waals surface area contributed by atoms with E-state index in [0.29, 0.717) is 17.5 Å². The molecule has 2 amide bonds. The summed E-state index contributed by atoms with van der Waals surface area (Å²) in [6, 6.07) is 14.2. The van der Waals surface area contributed by atoms with Crippen LogP contribution in [0.2, 0.25) is 0 Å². The summed E-state index contributed by atoms with van der Waals surface area (Å²) in [4.78, 5) is 29.4. The minimum Gasteiger partial charge on any atom is -0.390 e. The number of hydrogen-bond acceptors (Lipinski definition) is 4. The van der Waals surface area contributed by atoms with Crippen molar-refractivity contribution in [2.45, 2.75) is 30.7 Å². The Balaban J connectivity index is 1.76. The highest BCUT2D eigenvalue weighted by atomic mass is 16.3. The number of imide groups is 1. The van der Waals surface area contributed by atoms with E-state index >= 15 is 0 Å². The predicted molar refractivity (Wildman–Crippen MR) is 126 cm³/mol. The molecule has 1 aliphatic carbocycles. The fourth-order valence-corrected chi connectivity index (χ4v) is 6.82. The molecule has 164 valence electrons. The van der Waals surface area contributed by atoms with Crippen LogP contribution in [0.4, 0.5) is 0 Å². The van der Waals surface area contributed by atoms with Crippen LogP contribution in [0, 0.1) is 0 Å². The van der Waals surface area contributed by atoms with Gasteiger partial charge >= 0.3 is 0 Å². The summed E-state index contributed by atoms with van der Waals surface area (Å²) >= 11 is 0. The van der Waals surface area contributed by atoms with Gasteiger partial charge in [-0.2, -0.15) is 0 Å². The Labute approximate surface area is 190 Å². The van der Waals surface area contributed by atoms with Crippen molar-refractivity contribution in [3.8, 4) is 0 Å². The van der Waals surface area contributed by atoms with Crippen LogP contribution in [0.1, 0.15) is 39.2 Å². The molecule has 2 N–H and O–H groups in total. The van der Waals surface area contributed by atoms with E-state index in [0.717, 1.165) is 43.6 Å². The Morgan fingerprint density at radius 3 is 1.97 bits per heavy atom. The monoisotopic (exact) mass is 448 g/mol. The number of para-hydroxylation sites is 2. The second-order valence-electron chi connectivity index (χ2n) is 9.31. The van der Waals surface area contributed by atoms with Crippen molar-refractivity contribution in [1.29, 1.82) is 0 Å². The minimum absolute atomic E-state index is 0.293. The molecule has 9 nitrogen and oxygen atoms in total. The molecule has 3 aliphatic rings. The van der Waals surface area contributed by atoms with E-state index in [1.807, 2.05) is 48.5 Å². The van der Waals surface area contributed by atoms with Crippen molar-refractivity contribution >= 4 is 55.4 Å². The number of nitrogens with one attached hydrogen (secondary N) is 1. The van der Waals surface area contributed by atoms with Gasteiger partial charge in [-0.1, -0.05) is 41.5 Å². The van der Waals surface area contributed by atoms with E-state index in [-0.39, 0.29) is 12.1 Å². The summed E-state index contributed by atoms with van der Waals surface area (Å²) < 4.78 is 4.24. The maximum atomic E-state index is 13.2. The molecular formula is C25H16N6O3. The Bertz CT molecular complexity index is 1860. The van der Waals surface area contributed by atoms with E-state index in [4.69, 9.17) is 0 Å². The van der Waals surface area contributed by atoms with Crippen LogP contribution >= 0.6 is 0 Å². The third-order valence-corrected chi connectivity index (χ3v) is 7.95. The largest absolute Gasteiger partial charge is 0.390 e. The average Bonchev–Trinajstić information content (AvgIpc) is 3.50. The predicted octanol–water partition coefficient (Wildman–Crippen LogP) is 4.33. The maximum absolute atomic E-state index is 13.2. The number of azide groups is 1. The molecule has 34 heavy (non-hydrogen) atoms. The van der Waals surface area contributed by atoms with Crippen molar-refractivity contribution in [2.75, 3.05) is 0 Å². The minimum atomic E-state index is -0.895. The third kappa shape index (κ3) is 1.80. The fourth-order valence-electron chi connectivity index (χ4n) is 6.82. The molecule has 1 saturated carbocycles. The lowest BCUT2D eigenvalue weighted by Crippen LogP contribution is -2.30. The SMILES string of the molecule is [N-]=[N+]=N[C@@H]1C2CC([C@H]1O)n1c3ccccc3c3c4c(c5c6ccccc6n2c5c31)C(=O)NC4=O. The second kappa shape index (κ2) is 5.77. The molecule has 0 spiro atoms. The molecule has 8 rings (SSSR count). The van der Waals surface area contributed by atoms with Gasteiger partial charge in [-0.15, -0.1) is 0 Å². The van der Waals surface area contributed by atoms with Crippen molar-refractivity contribution in [2.24, 2.45) is 5.11 Å². The van der Waals surface area contributed by atoms with E-state index in [1.165, 1.54) is 0 Å². The Morgan fingerprint density at radius 2 is 1.41 bits per heavy atom. The van der Waals surface area contributed by atoms with Gasteiger partial charge < -0.3 is 14.2 Å². The van der Waals surface area contributed by atoms with Gasteiger partial charge in [0, 0.05) is 43.5 Å². The Morgan fingerprint density at radius 1 is 0.882 bits per heavy atom. The highest BCUT2D eigenvalue weighted by Gasteiger charge is 2.49. The van der Waals surface area contributed by atoms with Gasteiger partial charge in [0.2, 0.25) is 0 Å². The smallest absolute Gasteiger partial charge is 0.259 e. The number of nitrogens with zero attached hydrogens (tertiary/aromatic N) is 5. The third-order valence-electron chi connectivity index (χ3n) is 7.95. The highest BCUT2D eigenvalue weighted by Crippen LogP contribution is 2.54. The van der Waals surface area contributed by atoms with Crippen LogP contribution in [-0.2, 0) is 0 Å². The lowest BCUT2D eigenvalue weighted by atomic mass is 9.96. The fraction of sp³-hybridized carbons (Fsp3) is 0.200. The van der Waals surface area contributed by atoms with Crippen molar-refractivity contribution in [1.82, 2.24) is 14.5 Å². The molecule has 4 atom stereocenters. The van der Waals surface area contributed by atoms with Gasteiger partial charge in [0.15, 0.2) is 0 Å². The zero-order valence-corrected chi connectivity index (χ0v) is 17.6. The molecular weight excluding hydrogens is 432 g/mol. The number of fused-ring (bicyclic) bond motifs is 13. The molecule has 5 aromatic rings. The van der Waals surface area contributed by atoms with Crippen molar-refractivity contribution in [3.63, 3.8) is 0 Å². The van der Waals surface area contributed by atoms with Gasteiger partial charge in [0.25, 0.3) is 11.8 Å². The molecule has 2 unspecified atom stereocenters. The number of aliphatic hydroxyl groups is 1. The lowest BCUT2D eigenvalue weighted by Gasteiger charge is -2.24. The number of carbonyl (C=O) groups excluding carboxylic acids is 2. The van der Waals surface area contributed by atoms with Crippen LogP contribution < -0.4 is 5.32 Å². The number of rotatable bonds is 1. The number of benzene rings is 3. The molecule has 9 heteroatoms. The van der Waals surface area contributed by atoms with E-state index in [1.54, 1.807) is 0 Å². The van der Waals surface area contributed by atoms with Crippen molar-refractivity contribution in [3.05, 3.63) is 70.1 Å². The number of aliphatic hydroxyl groups excluding tert-OH is 1. The highest BCUT2D eigenvalue weighted by molar-refractivity contribution is 6.39. The zero-order chi connectivity index (χ0) is 22.9. The van der Waals surface area contributed by atoms with Gasteiger partial charge in [-0.25, -0.2) is 0 Å². The summed E-state index contributed by atoms with van der Waals surface area (Å²) in [5.74, 6) is -0.800. The van der Waals surface area contributed by atoms with Crippen LogP contribution in [0.3, 0.4) is 0 Å². The number of aromatic nitrogens is 2. The first-order valence-electron chi connectivity index (χ1n) is 11.2. The Hall–Kier alpha value is -4.33. The van der Waals surface area contributed by atoms with Crippen LogP contribution in [0.25, 0.3) is 54.1 Å². The van der Waals surface area contributed by atoms with E-state index < -0.39 is 24.0 Å². The first kappa shape index (κ1) is 18.1. The topological polar surface area (TPSA) is 125 Å². The van der Waals surface area contributed by atoms with Gasteiger partial charge in [-0.05, 0) is 24.1 Å². The molecule has 0 radical (unpaired) electrons. The van der Waals surface area contributed by atoms with Gasteiger partial charge in [0.05, 0.1) is 40.3 Å². The summed E-state index contributed by atoms with van der Waals surface area (Å²) in [5.41, 5.74) is 13.5. The molecule has 2 bridgehead atoms. The molecule has 2 aromatic heterocycles. The summed E-state index contributed by atoms with van der Waals surface area (Å²) in [6.07, 6.45) is -0.334. The van der Waals surface area contributed by atoms with Crippen molar-refractivity contribution < 1.29 is 14.7 Å². The summed E-state index contributed by atoms with van der Waals surface area (Å²) in [6.45, 7) is 0.